The number of benzene rings is 4. The molecule has 4 aromatic carbocycles. The third kappa shape index (κ3) is 7.22. The van der Waals surface area contributed by atoms with Gasteiger partial charge in [-0.25, -0.2) is 4.98 Å². The average molecular weight is 858 g/mol. The Labute approximate surface area is 319 Å². The summed E-state index contributed by atoms with van der Waals surface area (Å²) in [7, 11) is 0. The zero-order chi connectivity index (χ0) is 36.4. The molecule has 0 aliphatic rings. The van der Waals surface area contributed by atoms with Crippen LogP contribution in [0.1, 0.15) is 105 Å². The summed E-state index contributed by atoms with van der Waals surface area (Å²) in [4.78, 5) is 10.3. The second-order valence-electron chi connectivity index (χ2n) is 17.7. The molecule has 0 aliphatic carbocycles. The van der Waals surface area contributed by atoms with E-state index in [9.17, 15) is 5.11 Å². The number of phenols is 1. The normalized spacial score (nSPS) is 12.6. The topological polar surface area (TPSA) is 50.9 Å². The fourth-order valence-corrected chi connectivity index (χ4v) is 7.02. The molecule has 0 fully saturated rings. The first-order valence-electron chi connectivity index (χ1n) is 17.8. The molecule has 0 spiro atoms. The third-order valence-electron chi connectivity index (χ3n) is 9.59. The minimum absolute atomic E-state index is 0. The first kappa shape index (κ1) is 38.2. The largest absolute Gasteiger partial charge is 0.507 e. The first-order chi connectivity index (χ1) is 23.3. The van der Waals surface area contributed by atoms with Gasteiger partial charge < -0.3 is 5.11 Å². The van der Waals surface area contributed by atoms with Crippen molar-refractivity contribution in [1.82, 2.24) is 14.5 Å². The molecule has 2 heterocycles. The fraction of sp³-hybridized carbons (Fsp3) is 0.348. The number of imidazole rings is 1. The molecule has 0 atom stereocenters. The van der Waals surface area contributed by atoms with E-state index in [-0.39, 0.29) is 48.5 Å². The number of rotatable bonds is 4. The van der Waals surface area contributed by atoms with E-state index < -0.39 is 0 Å². The molecule has 0 saturated carbocycles. The standard InChI is InChI=1S/C46H52N3O.Pt/c1-43(2,3)33-21-18-22-34(44(4,5)6)41(33)49-38-24-17-20-29(40(38)48-42(49)30-19-13-14-25-39(30)50)31-27-32(37-23-15-16-26-47-37)36(46(10,11)12)28-35(31)45(7,8)9;/h13-26,28,50H,1-12H3;/q-1;. The van der Waals surface area contributed by atoms with Crippen LogP contribution < -0.4 is 0 Å². The van der Waals surface area contributed by atoms with E-state index in [0.29, 0.717) is 11.4 Å². The van der Waals surface area contributed by atoms with Gasteiger partial charge in [-0.05, 0) is 57.1 Å². The number of nitrogens with zero attached hydrogens (tertiary/aromatic N) is 3. The quantitative estimate of drug-likeness (QED) is 0.180. The summed E-state index contributed by atoms with van der Waals surface area (Å²) < 4.78 is 2.30. The monoisotopic (exact) mass is 857 g/mol. The molecule has 0 unspecified atom stereocenters. The van der Waals surface area contributed by atoms with Gasteiger partial charge in [0.25, 0.3) is 0 Å². The maximum Gasteiger partial charge on any atom is 0.148 e. The molecule has 0 amide bonds. The van der Waals surface area contributed by atoms with Crippen LogP contribution in [0, 0.1) is 6.07 Å². The molecule has 5 heteroatoms. The van der Waals surface area contributed by atoms with Crippen molar-refractivity contribution in [2.45, 2.75) is 105 Å². The molecule has 6 rings (SSSR count). The molecule has 0 radical (unpaired) electrons. The fourth-order valence-electron chi connectivity index (χ4n) is 7.02. The molecule has 268 valence electrons. The number of aromatic nitrogens is 3. The van der Waals surface area contributed by atoms with Crippen molar-refractivity contribution in [3.63, 3.8) is 0 Å². The summed E-state index contributed by atoms with van der Waals surface area (Å²) in [6, 6.07) is 33.1. The van der Waals surface area contributed by atoms with Crippen molar-refractivity contribution >= 4 is 11.0 Å². The van der Waals surface area contributed by atoms with Gasteiger partial charge in [-0.2, -0.15) is 0 Å². The number of hydrogen-bond donors (Lipinski definition) is 1. The summed E-state index contributed by atoms with van der Waals surface area (Å²) in [5.74, 6) is 0.909. The van der Waals surface area contributed by atoms with Crippen molar-refractivity contribution < 1.29 is 26.2 Å². The average Bonchev–Trinajstić information content (AvgIpc) is 3.42. The molecular weight excluding hydrogens is 806 g/mol. The van der Waals surface area contributed by atoms with Gasteiger partial charge in [0.1, 0.15) is 11.6 Å². The molecule has 4 nitrogen and oxygen atoms in total. The van der Waals surface area contributed by atoms with E-state index in [0.717, 1.165) is 39.1 Å². The zero-order valence-corrected chi connectivity index (χ0v) is 34.5. The SMILES string of the molecule is CC(C)(C)c1cc(C(C)(C)C)c(-c2cccc3c2nc(-c2ccccc2O)n3-c2c(C(C)(C)C)cccc2C(C)(C)C)[c-]c1-c1ccccn1.[Pt]. The number of pyridine rings is 1. The summed E-state index contributed by atoms with van der Waals surface area (Å²) >= 11 is 0. The van der Waals surface area contributed by atoms with Gasteiger partial charge in [0, 0.05) is 33.0 Å². The molecule has 0 aliphatic heterocycles. The van der Waals surface area contributed by atoms with E-state index in [2.05, 4.69) is 142 Å². The van der Waals surface area contributed by atoms with Crippen molar-refractivity contribution in [3.8, 4) is 45.2 Å². The maximum atomic E-state index is 11.4. The predicted octanol–water partition coefficient (Wildman–Crippen LogP) is 12.1. The molecule has 0 saturated heterocycles. The molecule has 0 bridgehead atoms. The van der Waals surface area contributed by atoms with Crippen LogP contribution >= 0.6 is 0 Å². The van der Waals surface area contributed by atoms with E-state index in [4.69, 9.17) is 9.97 Å². The number of aromatic hydroxyl groups is 1. The van der Waals surface area contributed by atoms with Crippen LogP contribution in [0.15, 0.2) is 91.1 Å². The summed E-state index contributed by atoms with van der Waals surface area (Å²) in [5.41, 5.74) is 11.8. The van der Waals surface area contributed by atoms with Crippen LogP contribution in [0.5, 0.6) is 5.75 Å². The van der Waals surface area contributed by atoms with E-state index in [1.807, 2.05) is 36.5 Å². The zero-order valence-electron chi connectivity index (χ0n) is 32.3. The van der Waals surface area contributed by atoms with Crippen molar-refractivity contribution in [3.05, 3.63) is 119 Å². The molecule has 6 aromatic rings. The molecule has 1 N–H and O–H groups in total. The number of phenolic OH excluding ortho intramolecular Hbond substituents is 1. The van der Waals surface area contributed by atoms with E-state index in [1.54, 1.807) is 6.07 Å². The number of para-hydroxylation sites is 3. The van der Waals surface area contributed by atoms with Crippen molar-refractivity contribution in [2.75, 3.05) is 0 Å². The second-order valence-corrected chi connectivity index (χ2v) is 17.7. The Morgan fingerprint density at radius 1 is 0.569 bits per heavy atom. The van der Waals surface area contributed by atoms with Gasteiger partial charge >= 0.3 is 0 Å². The smallest absolute Gasteiger partial charge is 0.148 e. The van der Waals surface area contributed by atoms with Gasteiger partial charge in [0.05, 0.1) is 22.3 Å². The Balaban J connectivity index is 0.00000504. The van der Waals surface area contributed by atoms with Crippen LogP contribution in [0.4, 0.5) is 0 Å². The van der Waals surface area contributed by atoms with Gasteiger partial charge in [0.2, 0.25) is 0 Å². The third-order valence-corrected chi connectivity index (χ3v) is 9.59. The Bertz CT molecular complexity index is 2170. The maximum absolute atomic E-state index is 11.4. The van der Waals surface area contributed by atoms with Gasteiger partial charge in [-0.1, -0.05) is 149 Å². The summed E-state index contributed by atoms with van der Waals surface area (Å²) in [6.45, 7) is 27.2. The van der Waals surface area contributed by atoms with Crippen LogP contribution in [-0.2, 0) is 42.7 Å². The number of fused-ring (bicyclic) bond motifs is 1. The Kier molecular flexibility index (Phi) is 10.1. The minimum Gasteiger partial charge on any atom is -0.507 e. The first-order valence-corrected chi connectivity index (χ1v) is 17.8. The molecule has 2 aromatic heterocycles. The van der Waals surface area contributed by atoms with E-state index >= 15 is 0 Å². The molecule has 51 heavy (non-hydrogen) atoms. The van der Waals surface area contributed by atoms with Crippen LogP contribution in [0.2, 0.25) is 0 Å². The van der Waals surface area contributed by atoms with Gasteiger partial charge in [0.15, 0.2) is 0 Å². The molecular formula is C46H52N3OPt-. The summed E-state index contributed by atoms with van der Waals surface area (Å²) in [5, 5.41) is 11.4. The Morgan fingerprint density at radius 2 is 1.10 bits per heavy atom. The van der Waals surface area contributed by atoms with Crippen molar-refractivity contribution in [2.24, 2.45) is 0 Å². The van der Waals surface area contributed by atoms with Gasteiger partial charge in [-0.3, -0.25) is 9.55 Å². The Hall–Kier alpha value is -4.01. The van der Waals surface area contributed by atoms with Crippen LogP contribution in [0.3, 0.4) is 0 Å². The van der Waals surface area contributed by atoms with E-state index in [1.165, 1.54) is 22.3 Å². The Morgan fingerprint density at radius 3 is 1.65 bits per heavy atom. The van der Waals surface area contributed by atoms with Crippen LogP contribution in [0.25, 0.3) is 50.5 Å². The van der Waals surface area contributed by atoms with Crippen LogP contribution in [-0.4, -0.2) is 19.6 Å². The predicted molar refractivity (Wildman–Crippen MR) is 210 cm³/mol. The van der Waals surface area contributed by atoms with Crippen molar-refractivity contribution in [1.29, 1.82) is 0 Å². The summed E-state index contributed by atoms with van der Waals surface area (Å²) in [6.07, 6.45) is 1.85. The second kappa shape index (κ2) is 13.5. The van der Waals surface area contributed by atoms with Gasteiger partial charge in [-0.15, -0.1) is 28.8 Å². The number of hydrogen-bond acceptors (Lipinski definition) is 3. The minimum atomic E-state index is -0.183.